The molecule has 0 spiro atoms. The molecule has 50 heavy (non-hydrogen) atoms. The van der Waals surface area contributed by atoms with Crippen molar-refractivity contribution >= 4 is 52.0 Å². The van der Waals surface area contributed by atoms with Crippen molar-refractivity contribution < 1.29 is 14.4 Å². The molecule has 2 aromatic heterocycles. The molecule has 0 unspecified atom stereocenters. The van der Waals surface area contributed by atoms with E-state index in [9.17, 15) is 14.4 Å². The fourth-order valence-corrected chi connectivity index (χ4v) is 7.52. The lowest BCUT2D eigenvalue weighted by molar-refractivity contribution is -0.132. The van der Waals surface area contributed by atoms with Crippen molar-refractivity contribution in [3.63, 3.8) is 0 Å². The first-order valence-electron chi connectivity index (χ1n) is 16.7. The van der Waals surface area contributed by atoms with Gasteiger partial charge in [-0.2, -0.15) is 0 Å². The van der Waals surface area contributed by atoms with Crippen molar-refractivity contribution in [1.82, 2.24) is 31.2 Å². The Labute approximate surface area is 300 Å². The van der Waals surface area contributed by atoms with E-state index in [4.69, 9.17) is 17.3 Å². The third-order valence-corrected chi connectivity index (χ3v) is 10.4. The lowest BCUT2D eigenvalue weighted by Crippen LogP contribution is -2.55. The quantitative estimate of drug-likeness (QED) is 0.129. The Morgan fingerprint density at radius 2 is 1.64 bits per heavy atom. The first kappa shape index (κ1) is 35.2. The fourth-order valence-electron chi connectivity index (χ4n) is 6.06. The topological polar surface area (TPSA) is 154 Å². The molecule has 0 aliphatic carbocycles. The summed E-state index contributed by atoms with van der Waals surface area (Å²) in [6.07, 6.45) is 5.54. The molecule has 3 aromatic carbocycles. The minimum atomic E-state index is -0.929. The fraction of sp³-hybridized carbons (Fsp3) is 0.263. The second-order valence-corrected chi connectivity index (χ2v) is 13.6. The predicted molar refractivity (Wildman–Crippen MR) is 198 cm³/mol. The van der Waals surface area contributed by atoms with E-state index in [2.05, 4.69) is 31.2 Å². The molecule has 3 heterocycles. The van der Waals surface area contributed by atoms with Gasteiger partial charge < -0.3 is 32.0 Å². The maximum Gasteiger partial charge on any atom is 0.243 e. The lowest BCUT2D eigenvalue weighted by Gasteiger charge is -2.24. The Morgan fingerprint density at radius 3 is 2.48 bits per heavy atom. The highest BCUT2D eigenvalue weighted by Crippen LogP contribution is 2.42. The number of H-pyrrole nitrogens is 1. The van der Waals surface area contributed by atoms with E-state index in [0.717, 1.165) is 48.6 Å². The molecule has 0 radical (unpaired) electrons. The third-order valence-electron chi connectivity index (χ3n) is 8.70. The number of rotatable bonds is 7. The summed E-state index contributed by atoms with van der Waals surface area (Å²) >= 11 is 8.59. The predicted octanol–water partition coefficient (Wildman–Crippen LogP) is 5.10. The zero-order valence-electron chi connectivity index (χ0n) is 27.5. The number of amides is 3. The normalized spacial score (nSPS) is 17.6. The van der Waals surface area contributed by atoms with Gasteiger partial charge in [0.05, 0.1) is 11.6 Å². The number of fused-ring (bicyclic) bond motifs is 3. The number of aromatic amines is 1. The van der Waals surface area contributed by atoms with Crippen LogP contribution in [0, 0.1) is 0 Å². The van der Waals surface area contributed by atoms with Gasteiger partial charge in [-0.15, -0.1) is 0 Å². The molecule has 5 aromatic rings. The smallest absolute Gasteiger partial charge is 0.243 e. The number of hydrogen-bond donors (Lipinski definition) is 6. The molecule has 0 bridgehead atoms. The first-order chi connectivity index (χ1) is 24.4. The zero-order chi connectivity index (χ0) is 34.9. The average molecular weight is 710 g/mol. The van der Waals surface area contributed by atoms with Crippen molar-refractivity contribution in [2.45, 2.75) is 60.8 Å². The van der Waals surface area contributed by atoms with Crippen LogP contribution < -0.4 is 27.0 Å². The van der Waals surface area contributed by atoms with Gasteiger partial charge in [-0.25, -0.2) is 4.98 Å². The SMILES string of the molecule is NCCCC[C@@H]1NC(=O)CNCc2cccnc2Sc2c(ccc(-c3ccccc3)c2Cl)CNC(=O)[C@H](Cc2c[nH]c3ccccc23)NC1=O. The van der Waals surface area contributed by atoms with Gasteiger partial charge in [-0.3, -0.25) is 14.4 Å². The van der Waals surface area contributed by atoms with E-state index in [0.29, 0.717) is 37.4 Å². The molecule has 1 aliphatic heterocycles. The number of aromatic nitrogens is 2. The molecule has 12 heteroatoms. The summed E-state index contributed by atoms with van der Waals surface area (Å²) in [6, 6.07) is 23.6. The highest BCUT2D eigenvalue weighted by atomic mass is 35.5. The number of nitrogens with two attached hydrogens (primary N) is 1. The van der Waals surface area contributed by atoms with Gasteiger partial charge in [0, 0.05) is 53.3 Å². The second kappa shape index (κ2) is 16.8. The van der Waals surface area contributed by atoms with Crippen molar-refractivity contribution in [1.29, 1.82) is 0 Å². The number of para-hydroxylation sites is 1. The van der Waals surface area contributed by atoms with Crippen LogP contribution in [0.1, 0.15) is 36.0 Å². The van der Waals surface area contributed by atoms with Gasteiger partial charge in [-0.05, 0) is 60.2 Å². The summed E-state index contributed by atoms with van der Waals surface area (Å²) in [5.74, 6) is -1.13. The van der Waals surface area contributed by atoms with Crippen LogP contribution in [0.5, 0.6) is 0 Å². The van der Waals surface area contributed by atoms with Crippen molar-refractivity contribution in [2.75, 3.05) is 13.1 Å². The molecule has 0 saturated heterocycles. The summed E-state index contributed by atoms with van der Waals surface area (Å²) in [7, 11) is 0. The Bertz CT molecular complexity index is 1970. The molecule has 258 valence electrons. The third kappa shape index (κ3) is 8.54. The molecule has 0 fully saturated rings. The van der Waals surface area contributed by atoms with Crippen LogP contribution in [0.4, 0.5) is 0 Å². The van der Waals surface area contributed by atoms with Crippen molar-refractivity contribution in [3.8, 4) is 11.1 Å². The van der Waals surface area contributed by atoms with Crippen molar-refractivity contribution in [3.05, 3.63) is 113 Å². The highest BCUT2D eigenvalue weighted by Gasteiger charge is 2.28. The number of carbonyl (C=O) groups is 3. The van der Waals surface area contributed by atoms with Crippen LogP contribution in [0.25, 0.3) is 22.0 Å². The Morgan fingerprint density at radius 1 is 0.820 bits per heavy atom. The molecule has 0 saturated carbocycles. The van der Waals surface area contributed by atoms with E-state index in [1.165, 1.54) is 11.8 Å². The molecule has 2 atom stereocenters. The van der Waals surface area contributed by atoms with E-state index in [-0.39, 0.29) is 31.3 Å². The Kier molecular flexibility index (Phi) is 11.8. The summed E-state index contributed by atoms with van der Waals surface area (Å²) in [4.78, 5) is 49.8. The van der Waals surface area contributed by atoms with Gasteiger partial charge in [-0.1, -0.05) is 90.1 Å². The van der Waals surface area contributed by atoms with E-state index in [1.54, 1.807) is 6.20 Å². The van der Waals surface area contributed by atoms with Crippen LogP contribution in [-0.2, 0) is 33.9 Å². The number of halogens is 1. The summed E-state index contributed by atoms with van der Waals surface area (Å²) in [6.45, 7) is 0.976. The molecule has 10 nitrogen and oxygen atoms in total. The highest BCUT2D eigenvalue weighted by molar-refractivity contribution is 7.99. The van der Waals surface area contributed by atoms with Gasteiger partial charge in [0.1, 0.15) is 17.1 Å². The van der Waals surface area contributed by atoms with Crippen LogP contribution in [0.15, 0.2) is 101 Å². The van der Waals surface area contributed by atoms with Crippen LogP contribution in [0.2, 0.25) is 5.02 Å². The first-order valence-corrected chi connectivity index (χ1v) is 17.9. The number of carbonyl (C=O) groups excluding carboxylic acids is 3. The Hall–Kier alpha value is -4.68. The van der Waals surface area contributed by atoms with Crippen molar-refractivity contribution in [2.24, 2.45) is 5.73 Å². The minimum Gasteiger partial charge on any atom is -0.361 e. The number of hydrogen-bond acceptors (Lipinski definition) is 7. The molecular weight excluding hydrogens is 670 g/mol. The number of nitrogens with one attached hydrogen (secondary N) is 5. The minimum absolute atomic E-state index is 0.0194. The Balaban J connectivity index is 1.37. The number of benzene rings is 3. The van der Waals surface area contributed by atoms with Crippen LogP contribution >= 0.6 is 23.4 Å². The summed E-state index contributed by atoms with van der Waals surface area (Å²) in [5.41, 5.74) is 11.0. The number of unbranched alkanes of at least 4 members (excludes halogenated alkanes) is 1. The molecule has 1 aliphatic rings. The summed E-state index contributed by atoms with van der Waals surface area (Å²) in [5, 5.41) is 14.4. The van der Waals surface area contributed by atoms with E-state index < -0.39 is 18.0 Å². The van der Waals surface area contributed by atoms with Crippen LogP contribution in [-0.4, -0.2) is 52.9 Å². The number of pyridine rings is 1. The van der Waals surface area contributed by atoms with Gasteiger partial charge in [0.15, 0.2) is 0 Å². The standard InChI is InChI=1S/C38H40ClN7O3S/c39-34-29(24-9-2-1-3-10-24)16-15-25-21-44-36(48)32(19-27-22-43-30-13-5-4-12-28(27)30)46-37(49)31(14-6-7-17-40)45-33(47)23-41-20-26-11-8-18-42-38(26)50-35(25)34/h1-5,8-13,15-16,18,22,31-32,41,43H,6-7,14,17,19-21,23,40H2,(H,44,48)(H,45,47)(H,46,49)/t31-,32-/m0/s1. The largest absolute Gasteiger partial charge is 0.361 e. The van der Waals surface area contributed by atoms with E-state index in [1.807, 2.05) is 85.1 Å². The van der Waals surface area contributed by atoms with Gasteiger partial charge >= 0.3 is 0 Å². The van der Waals surface area contributed by atoms with E-state index >= 15 is 0 Å². The monoisotopic (exact) mass is 709 g/mol. The average Bonchev–Trinajstić information content (AvgIpc) is 3.54. The van der Waals surface area contributed by atoms with Gasteiger partial charge in [0.25, 0.3) is 0 Å². The second-order valence-electron chi connectivity index (χ2n) is 12.2. The molecular formula is C38H40ClN7O3S. The molecule has 7 N–H and O–H groups in total. The lowest BCUT2D eigenvalue weighted by atomic mass is 10.0. The van der Waals surface area contributed by atoms with Gasteiger partial charge in [0.2, 0.25) is 17.7 Å². The number of nitrogens with zero attached hydrogens (tertiary/aromatic N) is 1. The molecule has 3 amide bonds. The summed E-state index contributed by atoms with van der Waals surface area (Å²) < 4.78 is 0. The zero-order valence-corrected chi connectivity index (χ0v) is 29.1. The van der Waals surface area contributed by atoms with Crippen LogP contribution in [0.3, 0.4) is 0 Å². The maximum atomic E-state index is 14.1. The maximum absolute atomic E-state index is 14.1. The molecule has 6 rings (SSSR count).